The number of fused-ring (bicyclic) bond motifs is 8. The van der Waals surface area contributed by atoms with Crippen LogP contribution in [0.5, 0.6) is 23.0 Å². The highest BCUT2D eigenvalue weighted by Crippen LogP contribution is 2.50. The lowest BCUT2D eigenvalue weighted by Crippen LogP contribution is -2.15. The number of rotatable bonds is 12. The van der Waals surface area contributed by atoms with Crippen molar-refractivity contribution in [3.63, 3.8) is 0 Å². The standard InChI is InChI=1S/C38H46O10P2/c1-7-45-49(41,46-8-2)33-21-29-17-25-13-11-15-27(35(25)39)19-31-23-34(50(42,47-9-3)48-10-4)24-32(38(31)44-6)20-28-16-12-14-26(36(28)40)18-30(22-33)37(29)43-5/h11-16,21-24,39-40H,7-10,17-20H2,1-6H3. The molecular formula is C38H46O10P2. The fourth-order valence-electron chi connectivity index (χ4n) is 6.57. The summed E-state index contributed by atoms with van der Waals surface area (Å²) in [4.78, 5) is 0. The molecule has 8 bridgehead atoms. The number of hydrogen-bond acceptors (Lipinski definition) is 10. The molecule has 5 rings (SSSR count). The first-order chi connectivity index (χ1) is 24.0. The molecule has 4 aromatic carbocycles. The van der Waals surface area contributed by atoms with E-state index in [-0.39, 0.29) is 63.6 Å². The van der Waals surface area contributed by atoms with Crippen molar-refractivity contribution in [1.82, 2.24) is 0 Å². The van der Waals surface area contributed by atoms with Gasteiger partial charge in [0.05, 0.1) is 51.3 Å². The highest BCUT2D eigenvalue weighted by atomic mass is 31.2. The van der Waals surface area contributed by atoms with Crippen LogP contribution in [0.1, 0.15) is 72.2 Å². The Kier molecular flexibility index (Phi) is 12.2. The van der Waals surface area contributed by atoms with Gasteiger partial charge in [0.2, 0.25) is 0 Å². The lowest BCUT2D eigenvalue weighted by atomic mass is 9.91. The van der Waals surface area contributed by atoms with E-state index in [9.17, 15) is 19.3 Å². The van der Waals surface area contributed by atoms with Gasteiger partial charge in [0.1, 0.15) is 23.0 Å². The second kappa shape index (κ2) is 16.2. The SMILES string of the molecule is CCOP(=O)(OCC)c1cc2c(OC)c(c1)Cc1cccc(c1O)Cc1cc(P(=O)(OCC)OCC)cc(c1OC)Cc1cccc(c1O)C2. The molecule has 0 radical (unpaired) electrons. The Morgan fingerprint density at radius 1 is 0.500 bits per heavy atom. The van der Waals surface area contributed by atoms with Gasteiger partial charge in [-0.3, -0.25) is 9.13 Å². The van der Waals surface area contributed by atoms with Crippen LogP contribution in [-0.4, -0.2) is 50.9 Å². The van der Waals surface area contributed by atoms with Crippen molar-refractivity contribution >= 4 is 25.8 Å². The summed E-state index contributed by atoms with van der Waals surface area (Å²) in [5.41, 5.74) is 5.05. The summed E-state index contributed by atoms with van der Waals surface area (Å²) in [6.07, 6.45) is 0.890. The smallest absolute Gasteiger partial charge is 0.361 e. The van der Waals surface area contributed by atoms with Crippen molar-refractivity contribution < 1.29 is 46.9 Å². The second-order valence-corrected chi connectivity index (χ2v) is 15.9. The first-order valence-electron chi connectivity index (χ1n) is 16.8. The first kappa shape index (κ1) is 37.6. The summed E-state index contributed by atoms with van der Waals surface area (Å²) in [6, 6.07) is 18.0. The quantitative estimate of drug-likeness (QED) is 0.124. The molecule has 0 atom stereocenters. The largest absolute Gasteiger partial charge is 0.507 e. The Labute approximate surface area is 294 Å². The van der Waals surface area contributed by atoms with E-state index in [1.165, 1.54) is 0 Å². The molecule has 0 aromatic heterocycles. The zero-order valence-electron chi connectivity index (χ0n) is 29.5. The van der Waals surface area contributed by atoms with Gasteiger partial charge in [-0.2, -0.15) is 0 Å². The van der Waals surface area contributed by atoms with E-state index in [0.29, 0.717) is 66.6 Å². The van der Waals surface area contributed by atoms with Crippen molar-refractivity contribution in [2.45, 2.75) is 53.4 Å². The third-order valence-corrected chi connectivity index (χ3v) is 12.8. The highest BCUT2D eigenvalue weighted by Gasteiger charge is 2.32. The molecule has 0 amide bonds. The average Bonchev–Trinajstić information content (AvgIpc) is 3.08. The van der Waals surface area contributed by atoms with Gasteiger partial charge in [-0.1, -0.05) is 36.4 Å². The van der Waals surface area contributed by atoms with Crippen LogP contribution in [0.4, 0.5) is 0 Å². The number of phenols is 2. The van der Waals surface area contributed by atoms with E-state index in [1.807, 2.05) is 36.4 Å². The molecule has 10 nitrogen and oxygen atoms in total. The molecule has 0 spiro atoms. The molecule has 1 aliphatic carbocycles. The van der Waals surface area contributed by atoms with Crippen LogP contribution >= 0.6 is 15.2 Å². The van der Waals surface area contributed by atoms with E-state index in [1.54, 1.807) is 66.2 Å². The molecule has 0 saturated carbocycles. The van der Waals surface area contributed by atoms with Crippen LogP contribution in [0.3, 0.4) is 0 Å². The van der Waals surface area contributed by atoms with Gasteiger partial charge in [0.25, 0.3) is 0 Å². The number of methoxy groups -OCH3 is 2. The second-order valence-electron chi connectivity index (χ2n) is 11.8. The molecule has 0 saturated heterocycles. The summed E-state index contributed by atoms with van der Waals surface area (Å²) in [5.74, 6) is 1.21. The highest BCUT2D eigenvalue weighted by molar-refractivity contribution is 7.62. The maximum atomic E-state index is 14.1. The van der Waals surface area contributed by atoms with Gasteiger partial charge in [-0.25, -0.2) is 0 Å². The third kappa shape index (κ3) is 7.67. The number of hydrogen-bond donors (Lipinski definition) is 2. The average molecular weight is 725 g/mol. The Morgan fingerprint density at radius 2 is 0.760 bits per heavy atom. The minimum absolute atomic E-state index is 0.0704. The topological polar surface area (TPSA) is 130 Å². The molecule has 0 heterocycles. The van der Waals surface area contributed by atoms with E-state index >= 15 is 0 Å². The van der Waals surface area contributed by atoms with Gasteiger partial charge >= 0.3 is 15.2 Å². The number of benzene rings is 4. The monoisotopic (exact) mass is 724 g/mol. The minimum atomic E-state index is -3.73. The molecule has 2 N–H and O–H groups in total. The van der Waals surface area contributed by atoms with Crippen molar-refractivity contribution in [3.8, 4) is 23.0 Å². The predicted octanol–water partition coefficient (Wildman–Crippen LogP) is 7.57. The summed E-state index contributed by atoms with van der Waals surface area (Å²) in [6.45, 7) is 7.74. The summed E-state index contributed by atoms with van der Waals surface area (Å²) < 4.78 is 63.1. The van der Waals surface area contributed by atoms with Crippen LogP contribution in [0.2, 0.25) is 0 Å². The Balaban J connectivity index is 1.80. The zero-order chi connectivity index (χ0) is 36.1. The Bertz CT molecular complexity index is 1690. The summed E-state index contributed by atoms with van der Waals surface area (Å²) in [7, 11) is -4.32. The van der Waals surface area contributed by atoms with E-state index in [0.717, 1.165) is 0 Å². The van der Waals surface area contributed by atoms with Crippen molar-refractivity contribution in [3.05, 3.63) is 105 Å². The van der Waals surface area contributed by atoms with Gasteiger partial charge in [0.15, 0.2) is 0 Å². The molecule has 4 aromatic rings. The molecule has 1 aliphatic rings. The predicted molar refractivity (Wildman–Crippen MR) is 194 cm³/mol. The van der Waals surface area contributed by atoms with Crippen molar-refractivity contribution in [2.24, 2.45) is 0 Å². The Morgan fingerprint density at radius 3 is 0.980 bits per heavy atom. The normalized spacial score (nSPS) is 13.2. The van der Waals surface area contributed by atoms with E-state index < -0.39 is 15.2 Å². The molecule has 12 heteroatoms. The van der Waals surface area contributed by atoms with Crippen LogP contribution in [0.15, 0.2) is 60.7 Å². The fraction of sp³-hybridized carbons (Fsp3) is 0.368. The zero-order valence-corrected chi connectivity index (χ0v) is 31.3. The van der Waals surface area contributed by atoms with Crippen LogP contribution in [0, 0.1) is 0 Å². The number of para-hydroxylation sites is 2. The first-order valence-corrected chi connectivity index (χ1v) is 19.9. The van der Waals surface area contributed by atoms with Crippen molar-refractivity contribution in [1.29, 1.82) is 0 Å². The maximum Gasteiger partial charge on any atom is 0.361 e. The van der Waals surface area contributed by atoms with Gasteiger partial charge in [-0.05, 0) is 96.5 Å². The molecule has 268 valence electrons. The lowest BCUT2D eigenvalue weighted by molar-refractivity contribution is 0.229. The third-order valence-electron chi connectivity index (χ3n) is 8.62. The van der Waals surface area contributed by atoms with Crippen LogP contribution < -0.4 is 20.1 Å². The number of phenolic OH excluding ortho intramolecular Hbond substituents is 2. The molecular weight excluding hydrogens is 678 g/mol. The van der Waals surface area contributed by atoms with Gasteiger partial charge in [0, 0.05) is 25.7 Å². The van der Waals surface area contributed by atoms with Crippen LogP contribution in [0.25, 0.3) is 0 Å². The van der Waals surface area contributed by atoms with Crippen LogP contribution in [-0.2, 0) is 52.9 Å². The van der Waals surface area contributed by atoms with E-state index in [4.69, 9.17) is 27.6 Å². The molecule has 50 heavy (non-hydrogen) atoms. The number of ether oxygens (including phenoxy) is 2. The van der Waals surface area contributed by atoms with Crippen molar-refractivity contribution in [2.75, 3.05) is 40.6 Å². The molecule has 0 aliphatic heterocycles. The van der Waals surface area contributed by atoms with Gasteiger partial charge in [-0.15, -0.1) is 0 Å². The Hall–Kier alpha value is -3.62. The number of aromatic hydroxyl groups is 2. The molecule has 0 unspecified atom stereocenters. The van der Waals surface area contributed by atoms with E-state index in [2.05, 4.69) is 0 Å². The summed E-state index contributed by atoms with van der Waals surface area (Å²) in [5, 5.41) is 24.2. The summed E-state index contributed by atoms with van der Waals surface area (Å²) >= 11 is 0. The van der Waals surface area contributed by atoms with Gasteiger partial charge < -0.3 is 37.8 Å². The minimum Gasteiger partial charge on any atom is -0.507 e. The maximum absolute atomic E-state index is 14.1. The fourth-order valence-corrected chi connectivity index (χ4v) is 9.93. The lowest BCUT2D eigenvalue weighted by Gasteiger charge is -2.23. The molecule has 0 fully saturated rings.